The standard InChI is InChI=1S/C17H17N5O/c23-17(12-22-13-18-20-21-22)19-16(15-9-5-2-6-10-15)11-14-7-3-1-4-8-14/h1-10,13,16H,11-12H2,(H,19,23)/t16-/m1/s1. The Labute approximate surface area is 134 Å². The fourth-order valence-corrected chi connectivity index (χ4v) is 2.43. The van der Waals surface area contributed by atoms with Crippen LogP contribution in [-0.2, 0) is 17.8 Å². The Morgan fingerprint density at radius 2 is 1.74 bits per heavy atom. The van der Waals surface area contributed by atoms with E-state index in [0.717, 1.165) is 12.0 Å². The summed E-state index contributed by atoms with van der Waals surface area (Å²) in [7, 11) is 0. The molecule has 0 saturated heterocycles. The van der Waals surface area contributed by atoms with Crippen molar-refractivity contribution >= 4 is 5.91 Å². The number of nitrogens with one attached hydrogen (secondary N) is 1. The van der Waals surface area contributed by atoms with Crippen molar-refractivity contribution in [3.8, 4) is 0 Å². The summed E-state index contributed by atoms with van der Waals surface area (Å²) in [5.74, 6) is -0.123. The molecule has 23 heavy (non-hydrogen) atoms. The summed E-state index contributed by atoms with van der Waals surface area (Å²) in [4.78, 5) is 12.3. The second-order valence-electron chi connectivity index (χ2n) is 5.23. The van der Waals surface area contributed by atoms with E-state index in [9.17, 15) is 4.79 Å². The first-order chi connectivity index (χ1) is 11.3. The van der Waals surface area contributed by atoms with Crippen molar-refractivity contribution in [2.45, 2.75) is 19.0 Å². The minimum Gasteiger partial charge on any atom is -0.347 e. The van der Waals surface area contributed by atoms with E-state index < -0.39 is 0 Å². The summed E-state index contributed by atoms with van der Waals surface area (Å²) in [6.45, 7) is 0.102. The molecule has 1 atom stereocenters. The summed E-state index contributed by atoms with van der Waals surface area (Å²) < 4.78 is 1.40. The number of nitrogens with zero attached hydrogens (tertiary/aromatic N) is 4. The summed E-state index contributed by atoms with van der Waals surface area (Å²) in [6, 6.07) is 20.0. The van der Waals surface area contributed by atoms with Gasteiger partial charge in [-0.1, -0.05) is 60.7 Å². The van der Waals surface area contributed by atoms with Crippen molar-refractivity contribution in [1.29, 1.82) is 0 Å². The lowest BCUT2D eigenvalue weighted by Crippen LogP contribution is -2.33. The maximum absolute atomic E-state index is 12.3. The predicted octanol–water partition coefficient (Wildman–Crippen LogP) is 1.77. The maximum atomic E-state index is 12.3. The van der Waals surface area contributed by atoms with Crippen LogP contribution in [0.1, 0.15) is 17.2 Å². The Bertz CT molecular complexity index is 728. The van der Waals surface area contributed by atoms with Gasteiger partial charge in [-0.05, 0) is 28.0 Å². The van der Waals surface area contributed by atoms with Gasteiger partial charge in [0.2, 0.25) is 5.91 Å². The van der Waals surface area contributed by atoms with Gasteiger partial charge < -0.3 is 5.32 Å². The van der Waals surface area contributed by atoms with E-state index >= 15 is 0 Å². The average molecular weight is 307 g/mol. The molecule has 0 aliphatic heterocycles. The third-order valence-electron chi connectivity index (χ3n) is 3.52. The highest BCUT2D eigenvalue weighted by atomic mass is 16.2. The number of hydrogen-bond acceptors (Lipinski definition) is 4. The van der Waals surface area contributed by atoms with Crippen LogP contribution in [-0.4, -0.2) is 26.1 Å². The molecule has 0 aliphatic carbocycles. The van der Waals surface area contributed by atoms with Crippen molar-refractivity contribution in [3.63, 3.8) is 0 Å². The molecule has 1 N–H and O–H groups in total. The lowest BCUT2D eigenvalue weighted by molar-refractivity contribution is -0.122. The Morgan fingerprint density at radius 3 is 2.39 bits per heavy atom. The first-order valence-corrected chi connectivity index (χ1v) is 7.40. The lowest BCUT2D eigenvalue weighted by Gasteiger charge is -2.19. The second kappa shape index (κ2) is 7.31. The van der Waals surface area contributed by atoms with Gasteiger partial charge >= 0.3 is 0 Å². The van der Waals surface area contributed by atoms with Crippen molar-refractivity contribution < 1.29 is 4.79 Å². The topological polar surface area (TPSA) is 72.7 Å². The van der Waals surface area contributed by atoms with E-state index in [1.165, 1.54) is 16.6 Å². The first kappa shape index (κ1) is 14.9. The monoisotopic (exact) mass is 307 g/mol. The Morgan fingerprint density at radius 1 is 1.04 bits per heavy atom. The van der Waals surface area contributed by atoms with E-state index in [2.05, 4.69) is 33.0 Å². The van der Waals surface area contributed by atoms with Crippen molar-refractivity contribution in [2.24, 2.45) is 0 Å². The van der Waals surface area contributed by atoms with Gasteiger partial charge in [0.05, 0.1) is 6.04 Å². The molecule has 3 aromatic rings. The highest BCUT2D eigenvalue weighted by Crippen LogP contribution is 2.18. The molecule has 3 rings (SSSR count). The smallest absolute Gasteiger partial charge is 0.242 e. The molecule has 0 bridgehead atoms. The molecule has 0 fully saturated rings. The number of aromatic nitrogens is 4. The van der Waals surface area contributed by atoms with E-state index in [1.54, 1.807) is 0 Å². The minimum absolute atomic E-state index is 0.0948. The fraction of sp³-hybridized carbons (Fsp3) is 0.176. The summed E-state index contributed by atoms with van der Waals surface area (Å²) >= 11 is 0. The molecule has 6 heteroatoms. The molecule has 1 aromatic heterocycles. The van der Waals surface area contributed by atoms with Gasteiger partial charge in [0.1, 0.15) is 12.9 Å². The van der Waals surface area contributed by atoms with Gasteiger partial charge in [-0.25, -0.2) is 4.68 Å². The molecule has 0 spiro atoms. The number of rotatable bonds is 6. The number of tetrazole rings is 1. The molecular formula is C17H17N5O. The Kier molecular flexibility index (Phi) is 4.73. The van der Waals surface area contributed by atoms with Gasteiger partial charge in [-0.2, -0.15) is 0 Å². The number of benzene rings is 2. The predicted molar refractivity (Wildman–Crippen MR) is 85.3 cm³/mol. The molecule has 116 valence electrons. The summed E-state index contributed by atoms with van der Waals surface area (Å²) in [5.41, 5.74) is 2.24. The number of carbonyl (C=O) groups excluding carboxylic acids is 1. The number of hydrogen-bond donors (Lipinski definition) is 1. The van der Waals surface area contributed by atoms with Crippen molar-refractivity contribution in [3.05, 3.63) is 78.1 Å². The SMILES string of the molecule is O=C(Cn1cnnn1)N[C@H](Cc1ccccc1)c1ccccc1. The second-order valence-corrected chi connectivity index (χ2v) is 5.23. The molecular weight excluding hydrogens is 290 g/mol. The van der Waals surface area contributed by atoms with E-state index in [0.29, 0.717) is 0 Å². The molecule has 0 radical (unpaired) electrons. The van der Waals surface area contributed by atoms with Crippen LogP contribution < -0.4 is 5.32 Å². The molecule has 0 unspecified atom stereocenters. The van der Waals surface area contributed by atoms with Crippen molar-refractivity contribution in [1.82, 2.24) is 25.5 Å². The first-order valence-electron chi connectivity index (χ1n) is 7.40. The van der Waals surface area contributed by atoms with E-state index in [-0.39, 0.29) is 18.5 Å². The van der Waals surface area contributed by atoms with E-state index in [1.807, 2.05) is 48.5 Å². The largest absolute Gasteiger partial charge is 0.347 e. The van der Waals surface area contributed by atoms with Gasteiger partial charge in [-0.3, -0.25) is 4.79 Å². The summed E-state index contributed by atoms with van der Waals surface area (Å²) in [6.07, 6.45) is 2.15. The highest BCUT2D eigenvalue weighted by Gasteiger charge is 2.15. The highest BCUT2D eigenvalue weighted by molar-refractivity contribution is 5.76. The zero-order chi connectivity index (χ0) is 15.9. The molecule has 0 saturated carbocycles. The van der Waals surface area contributed by atoms with Crippen molar-refractivity contribution in [2.75, 3.05) is 0 Å². The molecule has 0 aliphatic rings. The van der Waals surface area contributed by atoms with Crippen LogP contribution in [0.25, 0.3) is 0 Å². The molecule has 6 nitrogen and oxygen atoms in total. The number of carbonyl (C=O) groups is 1. The Hall–Kier alpha value is -3.02. The molecule has 1 heterocycles. The van der Waals surface area contributed by atoms with Crippen LogP contribution in [0.2, 0.25) is 0 Å². The lowest BCUT2D eigenvalue weighted by atomic mass is 9.99. The van der Waals surface area contributed by atoms with Gasteiger partial charge in [-0.15, -0.1) is 5.10 Å². The van der Waals surface area contributed by atoms with Crippen LogP contribution in [0, 0.1) is 0 Å². The number of amides is 1. The van der Waals surface area contributed by atoms with Crippen LogP contribution in [0.15, 0.2) is 67.0 Å². The summed E-state index contributed by atoms with van der Waals surface area (Å²) in [5, 5.41) is 13.8. The van der Waals surface area contributed by atoms with E-state index in [4.69, 9.17) is 0 Å². The zero-order valence-electron chi connectivity index (χ0n) is 12.5. The maximum Gasteiger partial charge on any atom is 0.242 e. The normalized spacial score (nSPS) is 11.8. The molecule has 1 amide bonds. The van der Waals surface area contributed by atoms with Crippen LogP contribution in [0.5, 0.6) is 0 Å². The third-order valence-corrected chi connectivity index (χ3v) is 3.52. The van der Waals surface area contributed by atoms with Crippen LogP contribution >= 0.6 is 0 Å². The molecule has 2 aromatic carbocycles. The minimum atomic E-state index is -0.123. The Balaban J connectivity index is 1.73. The quantitative estimate of drug-likeness (QED) is 0.753. The zero-order valence-corrected chi connectivity index (χ0v) is 12.5. The van der Waals surface area contributed by atoms with Gasteiger partial charge in [0.25, 0.3) is 0 Å². The van der Waals surface area contributed by atoms with Crippen LogP contribution in [0.3, 0.4) is 0 Å². The van der Waals surface area contributed by atoms with Gasteiger partial charge in [0.15, 0.2) is 0 Å². The van der Waals surface area contributed by atoms with Gasteiger partial charge in [0, 0.05) is 0 Å². The average Bonchev–Trinajstić information content (AvgIpc) is 3.09. The van der Waals surface area contributed by atoms with Crippen LogP contribution in [0.4, 0.5) is 0 Å². The third kappa shape index (κ3) is 4.23. The fourth-order valence-electron chi connectivity index (χ4n) is 2.43.